The molecule has 1 heterocycles. The van der Waals surface area contributed by atoms with E-state index in [1.54, 1.807) is 0 Å². The van der Waals surface area contributed by atoms with E-state index < -0.39 is 17.6 Å². The minimum atomic E-state index is -0.717. The molecule has 0 spiro atoms. The van der Waals surface area contributed by atoms with Crippen molar-refractivity contribution in [3.05, 3.63) is 12.2 Å². The highest BCUT2D eigenvalue weighted by atomic mass is 16.6. The van der Waals surface area contributed by atoms with E-state index in [0.29, 0.717) is 18.4 Å². The monoisotopic (exact) mass is 308 g/mol. The maximum absolute atomic E-state index is 11.8. The second-order valence-electron chi connectivity index (χ2n) is 7.43. The summed E-state index contributed by atoms with van der Waals surface area (Å²) < 4.78 is 10.8. The van der Waals surface area contributed by atoms with Gasteiger partial charge in [0.05, 0.1) is 6.10 Å². The van der Waals surface area contributed by atoms with Crippen molar-refractivity contribution < 1.29 is 24.2 Å². The summed E-state index contributed by atoms with van der Waals surface area (Å²) in [6.07, 6.45) is 0.782. The molecule has 0 aromatic heterocycles. The number of carbonyl (C=O) groups is 2. The van der Waals surface area contributed by atoms with Crippen LogP contribution in [-0.4, -0.2) is 35.4 Å². The third-order valence-corrected chi connectivity index (χ3v) is 6.05. The van der Waals surface area contributed by atoms with Crippen LogP contribution < -0.4 is 0 Å². The first-order valence-corrected chi connectivity index (χ1v) is 7.99. The number of esters is 2. The van der Waals surface area contributed by atoms with E-state index in [2.05, 4.69) is 13.5 Å². The Hall–Kier alpha value is -1.36. The summed E-state index contributed by atoms with van der Waals surface area (Å²) in [5.74, 6) is -0.194. The Morgan fingerprint density at radius 2 is 2.14 bits per heavy atom. The Balaban J connectivity index is 1.91. The summed E-state index contributed by atoms with van der Waals surface area (Å²) in [4.78, 5) is 23.1. The first-order valence-electron chi connectivity index (χ1n) is 7.99. The molecular formula is C17H24O5. The quantitative estimate of drug-likeness (QED) is 0.591. The lowest BCUT2D eigenvalue weighted by atomic mass is 9.69. The standard InChI is InChI=1S/C17H24O5/c1-8-5-13-11(9(2)16(20)22-13)7-17(4)12(8)6-14(15(17)19)21-10(3)18/h8,11-15,19H,2,5-7H2,1,3-4H3. The molecule has 3 aliphatic rings. The van der Waals surface area contributed by atoms with E-state index in [-0.39, 0.29) is 35.8 Å². The number of ether oxygens (including phenoxy) is 2. The van der Waals surface area contributed by atoms with Gasteiger partial charge in [-0.1, -0.05) is 20.4 Å². The first kappa shape index (κ1) is 15.5. The molecule has 0 radical (unpaired) electrons. The smallest absolute Gasteiger partial charge is 0.334 e. The Bertz CT molecular complexity index is 527. The van der Waals surface area contributed by atoms with Crippen molar-refractivity contribution in [2.45, 2.75) is 58.3 Å². The lowest BCUT2D eigenvalue weighted by Gasteiger charge is -2.36. The van der Waals surface area contributed by atoms with Crippen molar-refractivity contribution in [1.82, 2.24) is 0 Å². The molecular weight excluding hydrogens is 284 g/mol. The highest BCUT2D eigenvalue weighted by Crippen LogP contribution is 2.57. The molecule has 5 heteroatoms. The summed E-state index contributed by atoms with van der Waals surface area (Å²) in [5.41, 5.74) is 0.123. The maximum Gasteiger partial charge on any atom is 0.334 e. The fourth-order valence-electron chi connectivity index (χ4n) is 4.92. The van der Waals surface area contributed by atoms with E-state index in [9.17, 15) is 14.7 Å². The van der Waals surface area contributed by atoms with Gasteiger partial charge in [-0.3, -0.25) is 4.79 Å². The zero-order valence-electron chi connectivity index (χ0n) is 13.4. The number of rotatable bonds is 1. The van der Waals surface area contributed by atoms with Crippen LogP contribution in [0, 0.1) is 23.2 Å². The Kier molecular flexibility index (Phi) is 3.59. The van der Waals surface area contributed by atoms with Gasteiger partial charge >= 0.3 is 11.9 Å². The zero-order valence-corrected chi connectivity index (χ0v) is 13.4. The number of hydrogen-bond acceptors (Lipinski definition) is 5. The van der Waals surface area contributed by atoms with Crippen molar-refractivity contribution in [2.75, 3.05) is 0 Å². The average Bonchev–Trinajstić information content (AvgIpc) is 2.77. The van der Waals surface area contributed by atoms with E-state index in [0.717, 1.165) is 6.42 Å². The van der Waals surface area contributed by atoms with Crippen molar-refractivity contribution >= 4 is 11.9 Å². The summed E-state index contributed by atoms with van der Waals surface area (Å²) in [6, 6.07) is 0. The van der Waals surface area contributed by atoms with Gasteiger partial charge < -0.3 is 14.6 Å². The molecule has 0 aromatic carbocycles. The zero-order chi connectivity index (χ0) is 16.2. The summed E-state index contributed by atoms with van der Waals surface area (Å²) in [6.45, 7) is 9.42. The molecule has 1 aliphatic heterocycles. The molecule has 1 saturated heterocycles. The topological polar surface area (TPSA) is 72.8 Å². The van der Waals surface area contributed by atoms with Crippen molar-refractivity contribution in [1.29, 1.82) is 0 Å². The lowest BCUT2D eigenvalue weighted by Crippen LogP contribution is -2.40. The third-order valence-electron chi connectivity index (χ3n) is 6.05. The van der Waals surface area contributed by atoms with E-state index >= 15 is 0 Å². The predicted octanol–water partition coefficient (Wildman–Crippen LogP) is 1.83. The van der Waals surface area contributed by atoms with Gasteiger partial charge in [-0.05, 0) is 31.1 Å². The molecule has 22 heavy (non-hydrogen) atoms. The summed E-state index contributed by atoms with van der Waals surface area (Å²) in [7, 11) is 0. The van der Waals surface area contributed by atoms with Crippen molar-refractivity contribution in [3.63, 3.8) is 0 Å². The van der Waals surface area contributed by atoms with Crippen LogP contribution in [-0.2, 0) is 19.1 Å². The molecule has 7 unspecified atom stereocenters. The average molecular weight is 308 g/mol. The molecule has 2 saturated carbocycles. The highest BCUT2D eigenvalue weighted by Gasteiger charge is 2.59. The number of fused-ring (bicyclic) bond motifs is 2. The van der Waals surface area contributed by atoms with Gasteiger partial charge in [0, 0.05) is 23.8 Å². The Morgan fingerprint density at radius 3 is 2.77 bits per heavy atom. The van der Waals surface area contributed by atoms with E-state index in [4.69, 9.17) is 9.47 Å². The van der Waals surface area contributed by atoms with Gasteiger partial charge in [-0.15, -0.1) is 0 Å². The molecule has 1 N–H and O–H groups in total. The van der Waals surface area contributed by atoms with Gasteiger partial charge in [0.25, 0.3) is 0 Å². The molecule has 0 aromatic rings. The normalized spacial score (nSPS) is 47.5. The van der Waals surface area contributed by atoms with Gasteiger partial charge in [0.1, 0.15) is 12.2 Å². The van der Waals surface area contributed by atoms with Crippen LogP contribution in [0.15, 0.2) is 12.2 Å². The van der Waals surface area contributed by atoms with Crippen molar-refractivity contribution in [2.24, 2.45) is 23.2 Å². The molecule has 0 amide bonds. The molecule has 3 fully saturated rings. The SMILES string of the molecule is C=C1C(=O)OC2CC(C)C3CC(OC(C)=O)C(O)C3(C)CC12. The van der Waals surface area contributed by atoms with Gasteiger partial charge in [-0.25, -0.2) is 4.79 Å². The fraction of sp³-hybridized carbons (Fsp3) is 0.765. The molecule has 122 valence electrons. The van der Waals surface area contributed by atoms with Gasteiger partial charge in [0.2, 0.25) is 0 Å². The fourth-order valence-corrected chi connectivity index (χ4v) is 4.92. The minimum Gasteiger partial charge on any atom is -0.460 e. The number of aliphatic hydroxyl groups excluding tert-OH is 1. The van der Waals surface area contributed by atoms with Crippen LogP contribution in [0.1, 0.15) is 40.0 Å². The van der Waals surface area contributed by atoms with Crippen molar-refractivity contribution in [3.8, 4) is 0 Å². The molecule has 7 atom stereocenters. The molecule has 3 rings (SSSR count). The largest absolute Gasteiger partial charge is 0.460 e. The maximum atomic E-state index is 11.8. The lowest BCUT2D eigenvalue weighted by molar-refractivity contribution is -0.153. The summed E-state index contributed by atoms with van der Waals surface area (Å²) >= 11 is 0. The van der Waals surface area contributed by atoms with Gasteiger partial charge in [0.15, 0.2) is 0 Å². The molecule has 5 nitrogen and oxygen atoms in total. The van der Waals surface area contributed by atoms with Crippen LogP contribution in [0.25, 0.3) is 0 Å². The second-order valence-corrected chi connectivity index (χ2v) is 7.43. The van der Waals surface area contributed by atoms with Crippen LogP contribution in [0.5, 0.6) is 0 Å². The summed E-state index contributed by atoms with van der Waals surface area (Å²) in [5, 5.41) is 10.8. The van der Waals surface area contributed by atoms with Crippen LogP contribution in [0.3, 0.4) is 0 Å². The van der Waals surface area contributed by atoms with Crippen LogP contribution in [0.2, 0.25) is 0 Å². The number of hydrogen-bond donors (Lipinski definition) is 1. The van der Waals surface area contributed by atoms with E-state index in [1.165, 1.54) is 6.92 Å². The third kappa shape index (κ3) is 2.18. The van der Waals surface area contributed by atoms with Crippen LogP contribution >= 0.6 is 0 Å². The van der Waals surface area contributed by atoms with Crippen LogP contribution in [0.4, 0.5) is 0 Å². The number of aliphatic hydroxyl groups is 1. The molecule has 2 aliphatic carbocycles. The van der Waals surface area contributed by atoms with Gasteiger partial charge in [-0.2, -0.15) is 0 Å². The number of carbonyl (C=O) groups excluding carboxylic acids is 2. The Labute approximate surface area is 130 Å². The molecule has 0 bridgehead atoms. The predicted molar refractivity (Wildman–Crippen MR) is 78.7 cm³/mol. The Morgan fingerprint density at radius 1 is 1.45 bits per heavy atom. The first-order chi connectivity index (χ1) is 10.2. The second kappa shape index (κ2) is 5.08. The highest BCUT2D eigenvalue weighted by molar-refractivity contribution is 5.90. The van der Waals surface area contributed by atoms with E-state index in [1.807, 2.05) is 6.92 Å². The minimum absolute atomic E-state index is 0.0457.